The van der Waals surface area contributed by atoms with E-state index in [1.165, 1.54) is 12.8 Å². The predicted molar refractivity (Wildman–Crippen MR) is 66.4 cm³/mol. The first-order valence-electron chi connectivity index (χ1n) is 5.73. The number of anilines is 1. The number of aromatic nitrogens is 2. The standard InChI is InChI=1S/C12H13N3O2/c16-11-8-2-1-3-9(13-6-7-4-5-7)10(8)12(17)15-14-11/h1-3,7,13H,4-6H2,(H,14,16)(H,15,17). The van der Waals surface area contributed by atoms with E-state index in [4.69, 9.17) is 0 Å². The molecule has 2 aromatic rings. The minimum atomic E-state index is -0.269. The topological polar surface area (TPSA) is 77.8 Å². The van der Waals surface area contributed by atoms with Gasteiger partial charge in [0.2, 0.25) is 0 Å². The van der Waals surface area contributed by atoms with Crippen LogP contribution in [0.4, 0.5) is 5.69 Å². The number of aromatic amines is 2. The average molecular weight is 231 g/mol. The lowest BCUT2D eigenvalue weighted by molar-refractivity contribution is 0.889. The van der Waals surface area contributed by atoms with Crippen LogP contribution >= 0.6 is 0 Å². The molecule has 0 atom stereocenters. The third kappa shape index (κ3) is 1.84. The van der Waals surface area contributed by atoms with Crippen LogP contribution in [0.2, 0.25) is 0 Å². The van der Waals surface area contributed by atoms with Crippen LogP contribution in [0.5, 0.6) is 0 Å². The van der Waals surface area contributed by atoms with Gasteiger partial charge in [0, 0.05) is 12.2 Å². The maximum Gasteiger partial charge on any atom is 0.272 e. The zero-order valence-electron chi connectivity index (χ0n) is 9.25. The van der Waals surface area contributed by atoms with Crippen molar-refractivity contribution in [2.45, 2.75) is 12.8 Å². The molecule has 0 aliphatic heterocycles. The van der Waals surface area contributed by atoms with E-state index in [0.29, 0.717) is 16.7 Å². The van der Waals surface area contributed by atoms with Crippen LogP contribution in [0, 0.1) is 5.92 Å². The van der Waals surface area contributed by atoms with Gasteiger partial charge in [0.1, 0.15) is 0 Å². The van der Waals surface area contributed by atoms with Crippen LogP contribution < -0.4 is 16.4 Å². The summed E-state index contributed by atoms with van der Waals surface area (Å²) in [7, 11) is 0. The summed E-state index contributed by atoms with van der Waals surface area (Å²) in [6, 6.07) is 5.28. The lowest BCUT2D eigenvalue weighted by Crippen LogP contribution is -2.20. The van der Waals surface area contributed by atoms with Crippen LogP contribution in [0.1, 0.15) is 12.8 Å². The van der Waals surface area contributed by atoms with Crippen molar-refractivity contribution in [1.82, 2.24) is 10.2 Å². The zero-order valence-corrected chi connectivity index (χ0v) is 9.25. The molecule has 88 valence electrons. The highest BCUT2D eigenvalue weighted by molar-refractivity contribution is 5.92. The third-order valence-electron chi connectivity index (χ3n) is 3.10. The van der Waals surface area contributed by atoms with E-state index < -0.39 is 0 Å². The molecule has 1 aromatic carbocycles. The molecule has 17 heavy (non-hydrogen) atoms. The van der Waals surface area contributed by atoms with Crippen LogP contribution in [0.15, 0.2) is 27.8 Å². The molecule has 0 amide bonds. The van der Waals surface area contributed by atoms with Crippen molar-refractivity contribution in [1.29, 1.82) is 0 Å². The van der Waals surface area contributed by atoms with E-state index in [1.54, 1.807) is 12.1 Å². The molecule has 0 saturated heterocycles. The van der Waals surface area contributed by atoms with Crippen molar-refractivity contribution >= 4 is 16.5 Å². The van der Waals surface area contributed by atoms with Crippen molar-refractivity contribution in [2.75, 3.05) is 11.9 Å². The monoisotopic (exact) mass is 231 g/mol. The molecule has 1 saturated carbocycles. The lowest BCUT2D eigenvalue weighted by Gasteiger charge is -2.07. The van der Waals surface area contributed by atoms with Gasteiger partial charge in [0.25, 0.3) is 11.1 Å². The molecule has 3 N–H and O–H groups in total. The van der Waals surface area contributed by atoms with Crippen molar-refractivity contribution in [3.63, 3.8) is 0 Å². The van der Waals surface area contributed by atoms with Crippen molar-refractivity contribution in [3.05, 3.63) is 38.9 Å². The summed E-state index contributed by atoms with van der Waals surface area (Å²) in [4.78, 5) is 23.3. The molecule has 5 nitrogen and oxygen atoms in total. The van der Waals surface area contributed by atoms with Gasteiger partial charge in [-0.15, -0.1) is 0 Å². The molecule has 1 heterocycles. The molecule has 0 bridgehead atoms. The van der Waals surface area contributed by atoms with E-state index in [-0.39, 0.29) is 11.1 Å². The summed E-state index contributed by atoms with van der Waals surface area (Å²) in [6.07, 6.45) is 2.49. The Kier molecular flexibility index (Phi) is 2.24. The fourth-order valence-corrected chi connectivity index (χ4v) is 1.95. The van der Waals surface area contributed by atoms with Crippen LogP contribution in [0.25, 0.3) is 10.8 Å². The fourth-order valence-electron chi connectivity index (χ4n) is 1.95. The fraction of sp³-hybridized carbons (Fsp3) is 0.333. The van der Waals surface area contributed by atoms with Gasteiger partial charge >= 0.3 is 0 Å². The molecule has 3 rings (SSSR count). The minimum Gasteiger partial charge on any atom is -0.384 e. The van der Waals surface area contributed by atoms with Gasteiger partial charge in [-0.1, -0.05) is 6.07 Å². The van der Waals surface area contributed by atoms with Gasteiger partial charge in [-0.05, 0) is 30.9 Å². The molecule has 1 aliphatic rings. The maximum absolute atomic E-state index is 11.7. The van der Waals surface area contributed by atoms with E-state index >= 15 is 0 Å². The zero-order chi connectivity index (χ0) is 11.8. The average Bonchev–Trinajstić information content (AvgIpc) is 3.15. The summed E-state index contributed by atoms with van der Waals surface area (Å²) in [6.45, 7) is 0.866. The Balaban J connectivity index is 2.13. The van der Waals surface area contributed by atoms with E-state index in [2.05, 4.69) is 15.5 Å². The Bertz CT molecular complexity index is 667. The maximum atomic E-state index is 11.7. The molecule has 1 aromatic heterocycles. The van der Waals surface area contributed by atoms with Crippen molar-refractivity contribution < 1.29 is 0 Å². The van der Waals surface area contributed by atoms with Gasteiger partial charge in [-0.25, -0.2) is 0 Å². The van der Waals surface area contributed by atoms with E-state index in [0.717, 1.165) is 12.2 Å². The summed E-state index contributed by atoms with van der Waals surface area (Å²) in [5.41, 5.74) is 0.204. The van der Waals surface area contributed by atoms with E-state index in [1.807, 2.05) is 6.07 Å². The molecule has 0 radical (unpaired) electrons. The molecular weight excluding hydrogens is 218 g/mol. The number of hydrogen-bond donors (Lipinski definition) is 3. The Hall–Kier alpha value is -2.04. The Morgan fingerprint density at radius 3 is 2.71 bits per heavy atom. The Morgan fingerprint density at radius 2 is 1.94 bits per heavy atom. The second-order valence-corrected chi connectivity index (χ2v) is 4.46. The smallest absolute Gasteiger partial charge is 0.272 e. The van der Waals surface area contributed by atoms with E-state index in [9.17, 15) is 9.59 Å². The van der Waals surface area contributed by atoms with Gasteiger partial charge in [-0.3, -0.25) is 19.8 Å². The van der Waals surface area contributed by atoms with Crippen LogP contribution in [-0.2, 0) is 0 Å². The Labute approximate surface area is 96.8 Å². The summed E-state index contributed by atoms with van der Waals surface area (Å²) in [5.74, 6) is 0.714. The van der Waals surface area contributed by atoms with Crippen molar-refractivity contribution in [3.8, 4) is 0 Å². The van der Waals surface area contributed by atoms with Crippen molar-refractivity contribution in [2.24, 2.45) is 5.92 Å². The second kappa shape index (κ2) is 3.76. The largest absolute Gasteiger partial charge is 0.384 e. The van der Waals surface area contributed by atoms with Gasteiger partial charge in [0.05, 0.1) is 10.8 Å². The number of benzene rings is 1. The first kappa shape index (κ1) is 10.1. The van der Waals surface area contributed by atoms with Crippen LogP contribution in [-0.4, -0.2) is 16.7 Å². The van der Waals surface area contributed by atoms with Gasteiger partial charge < -0.3 is 5.32 Å². The highest BCUT2D eigenvalue weighted by Crippen LogP contribution is 2.29. The molecular formula is C12H13N3O2. The SMILES string of the molecule is O=c1[nH][nH]c(=O)c2c(NCC3CC3)cccc12. The highest BCUT2D eigenvalue weighted by Gasteiger charge is 2.21. The third-order valence-corrected chi connectivity index (χ3v) is 3.10. The normalized spacial score (nSPS) is 15.1. The number of fused-ring (bicyclic) bond motifs is 1. The predicted octanol–water partition coefficient (Wildman–Crippen LogP) is 1.04. The summed E-state index contributed by atoms with van der Waals surface area (Å²) in [5, 5.41) is 8.79. The van der Waals surface area contributed by atoms with Crippen LogP contribution in [0.3, 0.4) is 0 Å². The first-order chi connectivity index (χ1) is 8.25. The first-order valence-corrected chi connectivity index (χ1v) is 5.73. The Morgan fingerprint density at radius 1 is 1.18 bits per heavy atom. The number of nitrogens with one attached hydrogen (secondary N) is 3. The molecule has 0 unspecified atom stereocenters. The second-order valence-electron chi connectivity index (χ2n) is 4.46. The summed E-state index contributed by atoms with van der Waals surface area (Å²) >= 11 is 0. The quantitative estimate of drug-likeness (QED) is 0.738. The molecule has 1 fully saturated rings. The van der Waals surface area contributed by atoms with Gasteiger partial charge in [-0.2, -0.15) is 0 Å². The summed E-state index contributed by atoms with van der Waals surface area (Å²) < 4.78 is 0. The number of H-pyrrole nitrogens is 2. The molecule has 5 heteroatoms. The minimum absolute atomic E-state index is 0.265. The molecule has 0 spiro atoms. The number of rotatable bonds is 3. The van der Waals surface area contributed by atoms with Gasteiger partial charge in [0.15, 0.2) is 0 Å². The lowest BCUT2D eigenvalue weighted by atomic mass is 10.1. The molecule has 1 aliphatic carbocycles. The number of hydrogen-bond acceptors (Lipinski definition) is 3. The highest BCUT2D eigenvalue weighted by atomic mass is 16.1.